The molecule has 0 saturated carbocycles. The van der Waals surface area contributed by atoms with Gasteiger partial charge >= 0.3 is 0 Å². The molecule has 3 aromatic rings. The second-order valence-corrected chi connectivity index (χ2v) is 10.9. The van der Waals surface area contributed by atoms with Crippen LogP contribution in [-0.4, -0.2) is 31.4 Å². The quantitative estimate of drug-likeness (QED) is 0.450. The SMILES string of the molecule is C[C@H](Nc1cc(F)c(S(=O)(=O)Cc2cscn2)cc1Cl)c1cc(CN2CCC2)ccc1F. The van der Waals surface area contributed by atoms with Crippen LogP contribution in [0.25, 0.3) is 0 Å². The molecule has 2 aromatic carbocycles. The summed E-state index contributed by atoms with van der Waals surface area (Å²) in [5, 5.41) is 4.64. The van der Waals surface area contributed by atoms with Crippen LogP contribution in [0.1, 0.15) is 36.2 Å². The highest BCUT2D eigenvalue weighted by Crippen LogP contribution is 2.33. The van der Waals surface area contributed by atoms with Crippen molar-refractivity contribution >= 4 is 38.5 Å². The van der Waals surface area contributed by atoms with E-state index in [9.17, 15) is 17.2 Å². The van der Waals surface area contributed by atoms with E-state index in [1.165, 1.54) is 29.3 Å². The summed E-state index contributed by atoms with van der Waals surface area (Å²) in [4.78, 5) is 5.73. The number of thiazole rings is 1. The number of benzene rings is 2. The van der Waals surface area contributed by atoms with Crippen LogP contribution in [0.4, 0.5) is 14.5 Å². The largest absolute Gasteiger partial charge is 0.377 e. The molecule has 170 valence electrons. The number of hydrogen-bond donors (Lipinski definition) is 1. The van der Waals surface area contributed by atoms with Gasteiger partial charge in [0.25, 0.3) is 0 Å². The van der Waals surface area contributed by atoms with Gasteiger partial charge in [-0.3, -0.25) is 4.90 Å². The van der Waals surface area contributed by atoms with Gasteiger partial charge in [0.2, 0.25) is 0 Å². The maximum atomic E-state index is 14.8. The molecule has 1 saturated heterocycles. The van der Waals surface area contributed by atoms with Gasteiger partial charge in [0.1, 0.15) is 16.5 Å². The van der Waals surface area contributed by atoms with Crippen molar-refractivity contribution in [3.63, 3.8) is 0 Å². The van der Waals surface area contributed by atoms with Gasteiger partial charge in [-0.05, 0) is 56.3 Å². The van der Waals surface area contributed by atoms with E-state index in [4.69, 9.17) is 11.6 Å². The van der Waals surface area contributed by atoms with Gasteiger partial charge in [0.05, 0.1) is 33.7 Å². The third-order valence-corrected chi connectivity index (χ3v) is 8.04. The summed E-state index contributed by atoms with van der Waals surface area (Å²) in [6, 6.07) is 6.60. The van der Waals surface area contributed by atoms with Crippen LogP contribution < -0.4 is 5.32 Å². The molecule has 5 nitrogen and oxygen atoms in total. The fraction of sp³-hybridized carbons (Fsp3) is 0.318. The molecule has 0 unspecified atom stereocenters. The fourth-order valence-corrected chi connectivity index (χ4v) is 5.89. The van der Waals surface area contributed by atoms with Crippen LogP contribution in [0.15, 0.2) is 46.1 Å². The number of nitrogens with one attached hydrogen (secondary N) is 1. The lowest BCUT2D eigenvalue weighted by Gasteiger charge is -2.31. The average Bonchev–Trinajstić information content (AvgIpc) is 3.20. The first-order chi connectivity index (χ1) is 15.2. The van der Waals surface area contributed by atoms with Crippen molar-refractivity contribution in [2.45, 2.75) is 36.6 Å². The van der Waals surface area contributed by atoms with Gasteiger partial charge in [-0.15, -0.1) is 11.3 Å². The van der Waals surface area contributed by atoms with Crippen molar-refractivity contribution < 1.29 is 17.2 Å². The Bertz CT molecular complexity index is 1220. The molecule has 1 aliphatic heterocycles. The Labute approximate surface area is 195 Å². The Hall–Kier alpha value is -2.07. The zero-order chi connectivity index (χ0) is 22.9. The maximum absolute atomic E-state index is 14.8. The van der Waals surface area contributed by atoms with Crippen LogP contribution in [0, 0.1) is 11.6 Å². The van der Waals surface area contributed by atoms with Crippen molar-refractivity contribution in [1.82, 2.24) is 9.88 Å². The number of sulfone groups is 1. The molecule has 2 heterocycles. The van der Waals surface area contributed by atoms with Crippen molar-refractivity contribution in [1.29, 1.82) is 0 Å². The lowest BCUT2D eigenvalue weighted by atomic mass is 10.0. The van der Waals surface area contributed by atoms with Crippen molar-refractivity contribution in [2.75, 3.05) is 18.4 Å². The predicted molar refractivity (Wildman–Crippen MR) is 123 cm³/mol. The number of aromatic nitrogens is 1. The van der Waals surface area contributed by atoms with Gasteiger partial charge in [-0.1, -0.05) is 17.7 Å². The Morgan fingerprint density at radius 3 is 2.66 bits per heavy atom. The third-order valence-electron chi connectivity index (χ3n) is 5.43. The first-order valence-electron chi connectivity index (χ1n) is 10.1. The lowest BCUT2D eigenvalue weighted by Crippen LogP contribution is -2.36. The second kappa shape index (κ2) is 9.43. The smallest absolute Gasteiger partial charge is 0.187 e. The minimum atomic E-state index is -3.96. The molecule has 0 bridgehead atoms. The third kappa shape index (κ3) is 5.11. The molecular formula is C22H22ClF2N3O2S2. The number of likely N-dealkylation sites (tertiary alicyclic amines) is 1. The molecule has 4 rings (SSSR count). The van der Waals surface area contributed by atoms with E-state index in [1.54, 1.807) is 24.4 Å². The van der Waals surface area contributed by atoms with Crippen LogP contribution in [0.5, 0.6) is 0 Å². The van der Waals surface area contributed by atoms with E-state index in [1.807, 2.05) is 0 Å². The van der Waals surface area contributed by atoms with E-state index in [0.29, 0.717) is 11.3 Å². The second-order valence-electron chi connectivity index (χ2n) is 7.85. The summed E-state index contributed by atoms with van der Waals surface area (Å²) >= 11 is 7.54. The maximum Gasteiger partial charge on any atom is 0.187 e. The minimum absolute atomic E-state index is 0.0345. The van der Waals surface area contributed by atoms with E-state index in [0.717, 1.165) is 37.3 Å². The Morgan fingerprint density at radius 2 is 2.00 bits per heavy atom. The lowest BCUT2D eigenvalue weighted by molar-refractivity contribution is 0.172. The van der Waals surface area contributed by atoms with E-state index in [-0.39, 0.29) is 16.5 Å². The molecule has 1 aliphatic rings. The summed E-state index contributed by atoms with van der Waals surface area (Å²) in [6.45, 7) is 4.56. The topological polar surface area (TPSA) is 62.3 Å². The summed E-state index contributed by atoms with van der Waals surface area (Å²) in [7, 11) is -3.96. The number of halogens is 3. The molecule has 1 N–H and O–H groups in total. The van der Waals surface area contributed by atoms with Crippen molar-refractivity contribution in [3.8, 4) is 0 Å². The molecular weight excluding hydrogens is 476 g/mol. The fourth-order valence-electron chi connectivity index (χ4n) is 3.59. The Balaban J connectivity index is 1.54. The molecule has 1 fully saturated rings. The highest BCUT2D eigenvalue weighted by Gasteiger charge is 2.24. The minimum Gasteiger partial charge on any atom is -0.377 e. The Morgan fingerprint density at radius 1 is 1.22 bits per heavy atom. The molecule has 1 aromatic heterocycles. The van der Waals surface area contributed by atoms with Crippen molar-refractivity contribution in [3.05, 3.63) is 74.7 Å². The zero-order valence-corrected chi connectivity index (χ0v) is 19.7. The monoisotopic (exact) mass is 497 g/mol. The summed E-state index contributed by atoms with van der Waals surface area (Å²) < 4.78 is 54.5. The average molecular weight is 498 g/mol. The zero-order valence-electron chi connectivity index (χ0n) is 17.3. The van der Waals surface area contributed by atoms with E-state index < -0.39 is 32.3 Å². The molecule has 10 heteroatoms. The first kappa shape index (κ1) is 23.1. The van der Waals surface area contributed by atoms with Gasteiger partial charge in [-0.2, -0.15) is 0 Å². The highest BCUT2D eigenvalue weighted by molar-refractivity contribution is 7.90. The molecule has 1 atom stereocenters. The first-order valence-corrected chi connectivity index (χ1v) is 13.1. The number of hydrogen-bond acceptors (Lipinski definition) is 6. The summed E-state index contributed by atoms with van der Waals surface area (Å²) in [6.07, 6.45) is 1.17. The van der Waals surface area contributed by atoms with Crippen LogP contribution in [0.2, 0.25) is 5.02 Å². The van der Waals surface area contributed by atoms with E-state index in [2.05, 4.69) is 15.2 Å². The molecule has 0 amide bonds. The highest BCUT2D eigenvalue weighted by atomic mass is 35.5. The molecule has 0 radical (unpaired) electrons. The van der Waals surface area contributed by atoms with Crippen LogP contribution in [0.3, 0.4) is 0 Å². The van der Waals surface area contributed by atoms with E-state index >= 15 is 0 Å². The van der Waals surface area contributed by atoms with Crippen LogP contribution in [-0.2, 0) is 22.1 Å². The predicted octanol–water partition coefficient (Wildman–Crippen LogP) is 5.43. The summed E-state index contributed by atoms with van der Waals surface area (Å²) in [5.74, 6) is -1.72. The van der Waals surface area contributed by atoms with Crippen molar-refractivity contribution in [2.24, 2.45) is 0 Å². The standard InChI is InChI=1S/C22H22ClF2N3O2S2/c1-14(17-7-15(3-4-19(17)24)10-28-5-2-6-28)27-21-9-20(25)22(8-18(21)23)32(29,30)12-16-11-31-13-26-16/h3-4,7-9,11,13-14,27H,2,5-6,10,12H2,1H3/t14-/m0/s1. The Kier molecular flexibility index (Phi) is 6.80. The van der Waals surface area contributed by atoms with Gasteiger partial charge in [-0.25, -0.2) is 22.2 Å². The summed E-state index contributed by atoms with van der Waals surface area (Å²) in [5.41, 5.74) is 3.47. The number of rotatable bonds is 8. The van der Waals surface area contributed by atoms with Gasteiger partial charge < -0.3 is 5.32 Å². The normalized spacial score (nSPS) is 15.4. The molecule has 32 heavy (non-hydrogen) atoms. The number of anilines is 1. The molecule has 0 spiro atoms. The number of nitrogens with zero attached hydrogens (tertiary/aromatic N) is 2. The molecule has 0 aliphatic carbocycles. The van der Waals surface area contributed by atoms with Gasteiger partial charge in [0.15, 0.2) is 9.84 Å². The van der Waals surface area contributed by atoms with Crippen LogP contribution >= 0.6 is 22.9 Å². The van der Waals surface area contributed by atoms with Gasteiger partial charge in [0, 0.05) is 17.5 Å².